The molecule has 5 rings (SSSR count). The topological polar surface area (TPSA) is 102 Å². The van der Waals surface area contributed by atoms with Gasteiger partial charge in [-0.25, -0.2) is 0 Å². The number of carbonyl (C=O) groups excluding carboxylic acids is 2. The summed E-state index contributed by atoms with van der Waals surface area (Å²) in [5.41, 5.74) is 0.448. The summed E-state index contributed by atoms with van der Waals surface area (Å²) < 4.78 is 7.09. The van der Waals surface area contributed by atoms with Crippen LogP contribution in [0.4, 0.5) is 5.82 Å². The summed E-state index contributed by atoms with van der Waals surface area (Å²) in [4.78, 5) is 26.3. The normalized spacial score (nSPS) is 20.6. The highest BCUT2D eigenvalue weighted by atomic mass is 16.5. The first-order valence-corrected chi connectivity index (χ1v) is 11.7. The molecular weight excluding hydrogens is 394 g/mol. The third kappa shape index (κ3) is 4.52. The Morgan fingerprint density at radius 3 is 2.42 bits per heavy atom. The molecule has 8 heteroatoms. The summed E-state index contributed by atoms with van der Waals surface area (Å²) in [6.45, 7) is 0. The molecule has 166 valence electrons. The Bertz CT molecular complexity index is 925. The number of hydrogen-bond donors (Lipinski definition) is 2. The van der Waals surface area contributed by atoms with Crippen molar-refractivity contribution in [2.75, 3.05) is 5.32 Å². The van der Waals surface area contributed by atoms with Crippen LogP contribution in [0, 0.1) is 17.8 Å². The summed E-state index contributed by atoms with van der Waals surface area (Å²) in [6, 6.07) is 2.94. The molecule has 3 saturated carbocycles. The van der Waals surface area contributed by atoms with E-state index in [-0.39, 0.29) is 17.7 Å². The van der Waals surface area contributed by atoms with Crippen LogP contribution in [0.1, 0.15) is 80.0 Å². The second kappa shape index (κ2) is 8.48. The lowest BCUT2D eigenvalue weighted by molar-refractivity contribution is -0.119. The Morgan fingerprint density at radius 1 is 1.10 bits per heavy atom. The minimum absolute atomic E-state index is 0.168. The maximum absolute atomic E-state index is 13.4. The fourth-order valence-electron chi connectivity index (χ4n) is 5.17. The third-order valence-corrected chi connectivity index (χ3v) is 7.13. The average molecular weight is 426 g/mol. The number of aryl methyl sites for hydroxylation is 1. The van der Waals surface area contributed by atoms with Crippen LogP contribution < -0.4 is 10.6 Å². The van der Waals surface area contributed by atoms with E-state index in [2.05, 4.69) is 20.9 Å². The van der Waals surface area contributed by atoms with Crippen LogP contribution in [0.5, 0.6) is 0 Å². The largest absolute Gasteiger partial charge is 0.359 e. The van der Waals surface area contributed by atoms with Crippen LogP contribution in [0.25, 0.3) is 0 Å². The number of nitrogens with zero attached hydrogens (tertiary/aromatic N) is 3. The SMILES string of the molecule is Cn1nccc1C(=O)N[C@H](C(=O)Nc1cc(C2CCCCC2)on1)C(C1CC1)C1CC1. The van der Waals surface area contributed by atoms with Crippen molar-refractivity contribution < 1.29 is 14.1 Å². The smallest absolute Gasteiger partial charge is 0.270 e. The van der Waals surface area contributed by atoms with Crippen LogP contribution >= 0.6 is 0 Å². The van der Waals surface area contributed by atoms with Crippen molar-refractivity contribution in [1.29, 1.82) is 0 Å². The van der Waals surface area contributed by atoms with E-state index in [0.717, 1.165) is 44.3 Å². The quantitative estimate of drug-likeness (QED) is 0.672. The number of aromatic nitrogens is 3. The standard InChI is InChI=1S/C23H31N5O3/c1-28-17(11-12-24-28)22(29)26-21(20(15-7-8-15)16-9-10-16)23(30)25-19-13-18(31-27-19)14-5-3-2-4-6-14/h11-16,20-21H,2-10H2,1H3,(H,26,29)(H,25,27,30)/t21-/m0/s1. The molecule has 2 aromatic heterocycles. The van der Waals surface area contributed by atoms with Crippen molar-refractivity contribution in [3.63, 3.8) is 0 Å². The van der Waals surface area contributed by atoms with Gasteiger partial charge in [-0.15, -0.1) is 0 Å². The van der Waals surface area contributed by atoms with Gasteiger partial charge in [0.15, 0.2) is 5.82 Å². The van der Waals surface area contributed by atoms with Gasteiger partial charge in [-0.1, -0.05) is 24.4 Å². The van der Waals surface area contributed by atoms with Gasteiger partial charge >= 0.3 is 0 Å². The Morgan fingerprint density at radius 2 is 1.81 bits per heavy atom. The third-order valence-electron chi connectivity index (χ3n) is 7.13. The minimum atomic E-state index is -0.586. The highest BCUT2D eigenvalue weighted by molar-refractivity contribution is 6.00. The van der Waals surface area contributed by atoms with E-state index in [1.54, 1.807) is 19.3 Å². The molecule has 3 fully saturated rings. The van der Waals surface area contributed by atoms with Gasteiger partial charge in [0, 0.05) is 25.2 Å². The molecule has 0 unspecified atom stereocenters. The number of nitrogens with one attached hydrogen (secondary N) is 2. The molecule has 2 aromatic rings. The molecule has 0 aromatic carbocycles. The zero-order valence-electron chi connectivity index (χ0n) is 18.0. The molecule has 0 bridgehead atoms. The summed E-state index contributed by atoms with van der Waals surface area (Å²) in [5.74, 6) is 2.38. The van der Waals surface area contributed by atoms with Crippen LogP contribution in [0.15, 0.2) is 22.9 Å². The molecule has 3 aliphatic rings. The summed E-state index contributed by atoms with van der Waals surface area (Å²) in [5, 5.41) is 14.1. The van der Waals surface area contributed by atoms with Gasteiger partial charge in [-0.05, 0) is 62.3 Å². The van der Waals surface area contributed by atoms with Crippen molar-refractivity contribution in [1.82, 2.24) is 20.3 Å². The van der Waals surface area contributed by atoms with E-state index in [9.17, 15) is 9.59 Å². The zero-order valence-corrected chi connectivity index (χ0v) is 18.0. The highest BCUT2D eigenvalue weighted by Crippen LogP contribution is 2.51. The second-order valence-corrected chi connectivity index (χ2v) is 9.48. The highest BCUT2D eigenvalue weighted by Gasteiger charge is 2.48. The molecule has 2 N–H and O–H groups in total. The van der Waals surface area contributed by atoms with Gasteiger partial charge in [0.2, 0.25) is 5.91 Å². The molecular formula is C23H31N5O3. The minimum Gasteiger partial charge on any atom is -0.359 e. The number of hydrogen-bond acceptors (Lipinski definition) is 5. The molecule has 2 amide bonds. The summed E-state index contributed by atoms with van der Waals surface area (Å²) in [7, 11) is 1.73. The Labute approximate surface area is 182 Å². The number of amides is 2. The predicted molar refractivity (Wildman–Crippen MR) is 114 cm³/mol. The fraction of sp³-hybridized carbons (Fsp3) is 0.652. The van der Waals surface area contributed by atoms with Crippen LogP contribution in [-0.2, 0) is 11.8 Å². The maximum atomic E-state index is 13.4. The van der Waals surface area contributed by atoms with Gasteiger partial charge in [0.25, 0.3) is 5.91 Å². The first-order chi connectivity index (χ1) is 15.1. The molecule has 8 nitrogen and oxygen atoms in total. The summed E-state index contributed by atoms with van der Waals surface area (Å²) in [6.07, 6.45) is 12.0. The van der Waals surface area contributed by atoms with Crippen molar-refractivity contribution in [2.24, 2.45) is 24.8 Å². The molecule has 2 heterocycles. The monoisotopic (exact) mass is 425 g/mol. The van der Waals surface area contributed by atoms with Crippen molar-refractivity contribution >= 4 is 17.6 Å². The first kappa shape index (κ1) is 20.3. The number of rotatable bonds is 8. The molecule has 0 radical (unpaired) electrons. The van der Waals surface area contributed by atoms with Crippen molar-refractivity contribution in [2.45, 2.75) is 69.7 Å². The van der Waals surface area contributed by atoms with E-state index < -0.39 is 6.04 Å². The van der Waals surface area contributed by atoms with E-state index in [1.165, 1.54) is 23.9 Å². The van der Waals surface area contributed by atoms with Gasteiger partial charge in [-0.3, -0.25) is 14.3 Å². The Kier molecular flexibility index (Phi) is 5.54. The number of carbonyl (C=O) groups is 2. The second-order valence-electron chi connectivity index (χ2n) is 9.48. The van der Waals surface area contributed by atoms with Crippen molar-refractivity contribution in [3.8, 4) is 0 Å². The van der Waals surface area contributed by atoms with Crippen molar-refractivity contribution in [3.05, 3.63) is 29.8 Å². The van der Waals surface area contributed by atoms with Gasteiger partial charge in [-0.2, -0.15) is 5.10 Å². The first-order valence-electron chi connectivity index (χ1n) is 11.7. The van der Waals surface area contributed by atoms with Gasteiger partial charge in [0.1, 0.15) is 17.5 Å². The number of anilines is 1. The maximum Gasteiger partial charge on any atom is 0.270 e. The van der Waals surface area contributed by atoms with E-state index >= 15 is 0 Å². The average Bonchev–Trinajstić information content (AvgIpc) is 3.70. The van der Waals surface area contributed by atoms with E-state index in [0.29, 0.717) is 29.3 Å². The molecule has 0 aliphatic heterocycles. The molecule has 1 atom stereocenters. The fourth-order valence-corrected chi connectivity index (χ4v) is 5.17. The molecule has 0 saturated heterocycles. The summed E-state index contributed by atoms with van der Waals surface area (Å²) >= 11 is 0. The molecule has 3 aliphatic carbocycles. The lowest BCUT2D eigenvalue weighted by Crippen LogP contribution is -2.50. The molecule has 0 spiro atoms. The van der Waals surface area contributed by atoms with Crippen LogP contribution in [0.3, 0.4) is 0 Å². The lowest BCUT2D eigenvalue weighted by atomic mass is 9.87. The van der Waals surface area contributed by atoms with Crippen LogP contribution in [-0.4, -0.2) is 32.8 Å². The van der Waals surface area contributed by atoms with Gasteiger partial charge < -0.3 is 15.2 Å². The van der Waals surface area contributed by atoms with Gasteiger partial charge in [0.05, 0.1) is 0 Å². The Balaban J connectivity index is 1.32. The lowest BCUT2D eigenvalue weighted by Gasteiger charge is -2.27. The van der Waals surface area contributed by atoms with E-state index in [1.807, 2.05) is 6.07 Å². The Hall–Kier alpha value is -2.64. The predicted octanol–water partition coefficient (Wildman–Crippen LogP) is 3.63. The van der Waals surface area contributed by atoms with E-state index in [4.69, 9.17) is 4.52 Å². The van der Waals surface area contributed by atoms with Crippen LogP contribution in [0.2, 0.25) is 0 Å². The zero-order chi connectivity index (χ0) is 21.4. The molecule has 31 heavy (non-hydrogen) atoms.